The molecule has 4 heteroatoms. The Kier molecular flexibility index (Phi) is 2.68. The van der Waals surface area contributed by atoms with Gasteiger partial charge in [0.05, 0.1) is 12.2 Å². The van der Waals surface area contributed by atoms with Crippen molar-refractivity contribution in [1.29, 1.82) is 0 Å². The lowest BCUT2D eigenvalue weighted by molar-refractivity contribution is -0.270. The van der Waals surface area contributed by atoms with E-state index in [0.29, 0.717) is 0 Å². The van der Waals surface area contributed by atoms with Gasteiger partial charge in [0.15, 0.2) is 0 Å². The first-order valence-electron chi connectivity index (χ1n) is 5.93. The largest absolute Gasteiger partial charge is 0.387 e. The summed E-state index contributed by atoms with van der Waals surface area (Å²) in [6.45, 7) is 1.47. The summed E-state index contributed by atoms with van der Waals surface area (Å²) < 4.78 is 17.1. The van der Waals surface area contributed by atoms with Crippen LogP contribution in [-0.2, 0) is 14.2 Å². The lowest BCUT2D eigenvalue weighted by atomic mass is 9.88. The zero-order valence-corrected chi connectivity index (χ0v) is 8.80. The average molecular weight is 214 g/mol. The summed E-state index contributed by atoms with van der Waals surface area (Å²) in [7, 11) is 0. The number of rotatable bonds is 0. The van der Waals surface area contributed by atoms with Crippen molar-refractivity contribution in [3.63, 3.8) is 0 Å². The second kappa shape index (κ2) is 4.01. The predicted molar refractivity (Wildman–Crippen MR) is 52.6 cm³/mol. The zero-order valence-electron chi connectivity index (χ0n) is 8.80. The maximum atomic E-state index is 10.2. The molecule has 0 aliphatic carbocycles. The number of aliphatic hydroxyl groups is 1. The second-order valence-corrected chi connectivity index (χ2v) is 4.66. The van der Waals surface area contributed by atoms with Crippen LogP contribution in [0.25, 0.3) is 0 Å². The monoisotopic (exact) mass is 214 g/mol. The first-order chi connectivity index (χ1) is 7.36. The van der Waals surface area contributed by atoms with E-state index in [4.69, 9.17) is 14.2 Å². The van der Waals surface area contributed by atoms with E-state index in [-0.39, 0.29) is 24.4 Å². The molecule has 0 amide bonds. The van der Waals surface area contributed by atoms with Crippen LogP contribution in [0.3, 0.4) is 0 Å². The average Bonchev–Trinajstić information content (AvgIpc) is 2.30. The molecule has 3 heterocycles. The number of aliphatic hydroxyl groups excluding tert-OH is 1. The van der Waals surface area contributed by atoms with E-state index in [0.717, 1.165) is 38.9 Å². The van der Waals surface area contributed by atoms with Crippen LogP contribution in [-0.4, -0.2) is 48.8 Å². The zero-order chi connectivity index (χ0) is 10.3. The fourth-order valence-electron chi connectivity index (χ4n) is 2.89. The molecule has 0 aromatic carbocycles. The minimum Gasteiger partial charge on any atom is -0.387 e. The summed E-state index contributed by atoms with van der Waals surface area (Å²) in [5.41, 5.74) is 0. The molecule has 0 radical (unpaired) electrons. The Morgan fingerprint density at radius 2 is 1.40 bits per heavy atom. The fourth-order valence-corrected chi connectivity index (χ4v) is 2.89. The van der Waals surface area contributed by atoms with Crippen LogP contribution in [0.1, 0.15) is 25.7 Å². The van der Waals surface area contributed by atoms with Gasteiger partial charge in [-0.25, -0.2) is 0 Å². The highest BCUT2D eigenvalue weighted by atomic mass is 16.6. The van der Waals surface area contributed by atoms with Gasteiger partial charge in [0.25, 0.3) is 0 Å². The van der Waals surface area contributed by atoms with E-state index in [2.05, 4.69) is 0 Å². The van der Waals surface area contributed by atoms with Crippen LogP contribution in [0.2, 0.25) is 0 Å². The fraction of sp³-hybridized carbons (Fsp3) is 1.00. The quantitative estimate of drug-likeness (QED) is 0.637. The van der Waals surface area contributed by atoms with Gasteiger partial charge in [0.1, 0.15) is 18.3 Å². The summed E-state index contributed by atoms with van der Waals surface area (Å²) in [5, 5.41) is 10.2. The van der Waals surface area contributed by atoms with E-state index >= 15 is 0 Å². The van der Waals surface area contributed by atoms with Gasteiger partial charge in [0.2, 0.25) is 0 Å². The highest BCUT2D eigenvalue weighted by Gasteiger charge is 2.48. The van der Waals surface area contributed by atoms with Crippen LogP contribution >= 0.6 is 0 Å². The molecule has 3 rings (SSSR count). The van der Waals surface area contributed by atoms with Gasteiger partial charge >= 0.3 is 0 Å². The Morgan fingerprint density at radius 3 is 1.93 bits per heavy atom. The van der Waals surface area contributed by atoms with E-state index in [1.165, 1.54) is 0 Å². The van der Waals surface area contributed by atoms with Crippen molar-refractivity contribution in [2.45, 2.75) is 56.2 Å². The third kappa shape index (κ3) is 1.69. The minimum absolute atomic E-state index is 0.0803. The molecule has 3 aliphatic rings. The van der Waals surface area contributed by atoms with Crippen LogP contribution < -0.4 is 0 Å². The highest BCUT2D eigenvalue weighted by molar-refractivity contribution is 4.96. The number of hydrogen-bond donors (Lipinski definition) is 1. The molecule has 0 aromatic rings. The molecule has 3 aliphatic heterocycles. The normalized spacial score (nSPS) is 50.6. The van der Waals surface area contributed by atoms with Gasteiger partial charge in [-0.1, -0.05) is 0 Å². The molecular formula is C11H18O4. The summed E-state index contributed by atoms with van der Waals surface area (Å²) in [5.74, 6) is 0. The second-order valence-electron chi connectivity index (χ2n) is 4.66. The van der Waals surface area contributed by atoms with Crippen LogP contribution in [0.15, 0.2) is 0 Å². The summed E-state index contributed by atoms with van der Waals surface area (Å²) >= 11 is 0. The lowest BCUT2D eigenvalue weighted by Gasteiger charge is -2.48. The van der Waals surface area contributed by atoms with Crippen molar-refractivity contribution < 1.29 is 19.3 Å². The molecule has 1 unspecified atom stereocenters. The van der Waals surface area contributed by atoms with Crippen molar-refractivity contribution in [2.75, 3.05) is 13.2 Å². The number of hydrogen-bond acceptors (Lipinski definition) is 4. The Morgan fingerprint density at radius 1 is 0.867 bits per heavy atom. The molecule has 0 aromatic heterocycles. The number of fused-ring (bicyclic) bond motifs is 2. The van der Waals surface area contributed by atoms with Crippen molar-refractivity contribution >= 4 is 0 Å². The van der Waals surface area contributed by atoms with E-state index < -0.39 is 6.10 Å². The predicted octanol–water partition coefficient (Wildman–Crippen LogP) is 0.473. The van der Waals surface area contributed by atoms with Gasteiger partial charge in [-0.2, -0.15) is 0 Å². The minimum atomic E-state index is -0.505. The van der Waals surface area contributed by atoms with Crippen LogP contribution in [0, 0.1) is 0 Å². The highest BCUT2D eigenvalue weighted by Crippen LogP contribution is 2.34. The van der Waals surface area contributed by atoms with Crippen molar-refractivity contribution in [1.82, 2.24) is 0 Å². The summed E-state index contributed by atoms with van der Waals surface area (Å²) in [4.78, 5) is 0. The van der Waals surface area contributed by atoms with Crippen LogP contribution in [0.5, 0.6) is 0 Å². The third-order valence-electron chi connectivity index (χ3n) is 3.64. The Bertz CT molecular complexity index is 211. The molecule has 15 heavy (non-hydrogen) atoms. The summed E-state index contributed by atoms with van der Waals surface area (Å²) in [6, 6.07) is 0. The Hall–Kier alpha value is -0.160. The topological polar surface area (TPSA) is 47.9 Å². The molecule has 3 fully saturated rings. The van der Waals surface area contributed by atoms with Gasteiger partial charge in [-0.15, -0.1) is 0 Å². The first kappa shape index (κ1) is 10.0. The smallest absolute Gasteiger partial charge is 0.112 e. The SMILES string of the molecule is OC1[C@H]2OCCC[C@@H]2O[C@@H]2CCCO[C@H]12. The van der Waals surface area contributed by atoms with Crippen molar-refractivity contribution in [3.8, 4) is 0 Å². The van der Waals surface area contributed by atoms with Gasteiger partial charge in [-0.05, 0) is 25.7 Å². The molecule has 0 saturated carbocycles. The summed E-state index contributed by atoms with van der Waals surface area (Å²) in [6.07, 6.45) is 3.40. The molecular weight excluding hydrogens is 196 g/mol. The molecule has 86 valence electrons. The molecule has 0 spiro atoms. The maximum Gasteiger partial charge on any atom is 0.112 e. The van der Waals surface area contributed by atoms with Gasteiger partial charge in [0, 0.05) is 13.2 Å². The molecule has 1 N–H and O–H groups in total. The van der Waals surface area contributed by atoms with Gasteiger partial charge in [-0.3, -0.25) is 0 Å². The van der Waals surface area contributed by atoms with Crippen molar-refractivity contribution in [2.24, 2.45) is 0 Å². The molecule has 3 saturated heterocycles. The standard InChI is InChI=1S/C11H18O4/c12-9-10-7(3-1-5-13-10)15-8-4-2-6-14-11(8)9/h7-12H,1-6H2/t7-,8+,9?,10-,11-/m0/s1. The first-order valence-corrected chi connectivity index (χ1v) is 5.93. The molecule has 4 nitrogen and oxygen atoms in total. The van der Waals surface area contributed by atoms with Crippen LogP contribution in [0.4, 0.5) is 0 Å². The maximum absolute atomic E-state index is 10.2. The van der Waals surface area contributed by atoms with E-state index in [1.807, 2.05) is 0 Å². The van der Waals surface area contributed by atoms with Crippen molar-refractivity contribution in [3.05, 3.63) is 0 Å². The number of ether oxygens (including phenoxy) is 3. The van der Waals surface area contributed by atoms with Gasteiger partial charge < -0.3 is 19.3 Å². The lowest BCUT2D eigenvalue weighted by Crippen LogP contribution is -2.61. The van der Waals surface area contributed by atoms with E-state index in [9.17, 15) is 5.11 Å². The Labute approximate surface area is 89.5 Å². The molecule has 5 atom stereocenters. The molecule has 0 bridgehead atoms. The third-order valence-corrected chi connectivity index (χ3v) is 3.64. The Balaban J connectivity index is 1.76. The van der Waals surface area contributed by atoms with E-state index in [1.54, 1.807) is 0 Å².